The molecule has 1 amide bonds. The smallest absolute Gasteiger partial charge is 0.223 e. The highest BCUT2D eigenvalue weighted by atomic mass is 19.1. The molecule has 3 rings (SSSR count). The number of halogens is 1. The highest BCUT2D eigenvalue weighted by Crippen LogP contribution is 2.57. The fourth-order valence-electron chi connectivity index (χ4n) is 3.56. The largest absolute Gasteiger partial charge is 0.386 e. The third kappa shape index (κ3) is 2.44. The summed E-state index contributed by atoms with van der Waals surface area (Å²) in [5, 5.41) is 13.1. The molecule has 1 aromatic rings. The van der Waals surface area contributed by atoms with Gasteiger partial charge in [0.25, 0.3) is 0 Å². The average molecular weight is 277 g/mol. The number of carbonyl (C=O) groups excluding carboxylic acids is 1. The van der Waals surface area contributed by atoms with Gasteiger partial charge in [-0.1, -0.05) is 18.6 Å². The summed E-state index contributed by atoms with van der Waals surface area (Å²) in [6.45, 7) is 1.78. The van der Waals surface area contributed by atoms with E-state index in [1.807, 2.05) is 0 Å². The highest BCUT2D eigenvalue weighted by molar-refractivity contribution is 5.82. The van der Waals surface area contributed by atoms with Crippen LogP contribution in [0.5, 0.6) is 0 Å². The van der Waals surface area contributed by atoms with E-state index in [1.54, 1.807) is 19.1 Å². The van der Waals surface area contributed by atoms with Crippen LogP contribution in [-0.2, 0) is 4.79 Å². The Morgan fingerprint density at radius 3 is 2.50 bits per heavy atom. The second-order valence-electron chi connectivity index (χ2n) is 6.08. The number of hydrogen-bond acceptors (Lipinski definition) is 2. The Hall–Kier alpha value is -1.42. The number of benzene rings is 1. The van der Waals surface area contributed by atoms with Crippen molar-refractivity contribution < 1.29 is 14.3 Å². The van der Waals surface area contributed by atoms with E-state index < -0.39 is 6.10 Å². The van der Waals surface area contributed by atoms with Crippen LogP contribution in [0.3, 0.4) is 0 Å². The molecule has 0 bridgehead atoms. The first-order chi connectivity index (χ1) is 9.58. The monoisotopic (exact) mass is 277 g/mol. The molecule has 2 N–H and O–H groups in total. The minimum atomic E-state index is -0.807. The van der Waals surface area contributed by atoms with Crippen molar-refractivity contribution in [2.75, 3.05) is 0 Å². The lowest BCUT2D eigenvalue weighted by Gasteiger charge is -2.21. The van der Waals surface area contributed by atoms with E-state index in [4.69, 9.17) is 0 Å². The second-order valence-corrected chi connectivity index (χ2v) is 6.08. The number of hydrogen-bond donors (Lipinski definition) is 2. The Balaban J connectivity index is 1.57. The Kier molecular flexibility index (Phi) is 3.50. The van der Waals surface area contributed by atoms with E-state index in [0.717, 1.165) is 12.8 Å². The molecule has 20 heavy (non-hydrogen) atoms. The van der Waals surface area contributed by atoms with Gasteiger partial charge >= 0.3 is 0 Å². The molecule has 0 spiro atoms. The van der Waals surface area contributed by atoms with Gasteiger partial charge in [-0.3, -0.25) is 4.79 Å². The average Bonchev–Trinajstić information content (AvgIpc) is 2.92. The van der Waals surface area contributed by atoms with Crippen molar-refractivity contribution in [3.63, 3.8) is 0 Å². The van der Waals surface area contributed by atoms with Crippen molar-refractivity contribution in [2.45, 2.75) is 38.3 Å². The van der Waals surface area contributed by atoms with Crippen LogP contribution in [0.1, 0.15) is 37.9 Å². The lowest BCUT2D eigenvalue weighted by atomic mass is 10.0. The van der Waals surface area contributed by atoms with Gasteiger partial charge in [-0.2, -0.15) is 0 Å². The third-order valence-corrected chi connectivity index (χ3v) is 4.76. The van der Waals surface area contributed by atoms with E-state index in [0.29, 0.717) is 17.4 Å². The maximum absolute atomic E-state index is 12.9. The Morgan fingerprint density at radius 2 is 1.90 bits per heavy atom. The summed E-state index contributed by atoms with van der Waals surface area (Å²) in [5.41, 5.74) is 0.621. The Labute approximate surface area is 118 Å². The van der Waals surface area contributed by atoms with Crippen molar-refractivity contribution in [3.8, 4) is 0 Å². The second kappa shape index (κ2) is 5.17. The predicted molar refractivity (Wildman–Crippen MR) is 73.3 cm³/mol. The molecular formula is C16H20FNO2. The van der Waals surface area contributed by atoms with Crippen molar-refractivity contribution in [2.24, 2.45) is 17.8 Å². The summed E-state index contributed by atoms with van der Waals surface area (Å²) in [4.78, 5) is 12.1. The molecule has 2 saturated carbocycles. The zero-order chi connectivity index (χ0) is 14.3. The number of nitrogens with one attached hydrogen (secondary N) is 1. The van der Waals surface area contributed by atoms with E-state index in [2.05, 4.69) is 5.32 Å². The van der Waals surface area contributed by atoms with Crippen LogP contribution in [0.4, 0.5) is 4.39 Å². The lowest BCUT2D eigenvalue weighted by molar-refractivity contribution is -0.124. The highest BCUT2D eigenvalue weighted by Gasteiger charge is 2.56. The number of aliphatic hydroxyl groups excluding tert-OH is 1. The van der Waals surface area contributed by atoms with Crippen LogP contribution in [0.25, 0.3) is 0 Å². The molecular weight excluding hydrogens is 257 g/mol. The number of aliphatic hydroxyl groups is 1. The molecule has 4 heteroatoms. The van der Waals surface area contributed by atoms with Crippen LogP contribution < -0.4 is 5.32 Å². The van der Waals surface area contributed by atoms with Gasteiger partial charge in [-0.15, -0.1) is 0 Å². The number of fused-ring (bicyclic) bond motifs is 1. The minimum Gasteiger partial charge on any atom is -0.386 e. The predicted octanol–water partition coefficient (Wildman–Crippen LogP) is 2.41. The van der Waals surface area contributed by atoms with Gasteiger partial charge in [0.1, 0.15) is 5.82 Å². The molecule has 2 aliphatic rings. The summed E-state index contributed by atoms with van der Waals surface area (Å²) in [6.07, 6.45) is 2.76. The van der Waals surface area contributed by atoms with Crippen LogP contribution in [0.2, 0.25) is 0 Å². The molecule has 4 atom stereocenters. The summed E-state index contributed by atoms with van der Waals surface area (Å²) in [6, 6.07) is 5.37. The molecule has 1 aromatic carbocycles. The van der Waals surface area contributed by atoms with Gasteiger partial charge in [0.15, 0.2) is 0 Å². The molecule has 0 radical (unpaired) electrons. The van der Waals surface area contributed by atoms with Gasteiger partial charge in [-0.25, -0.2) is 4.39 Å². The Bertz CT molecular complexity index is 492. The van der Waals surface area contributed by atoms with Gasteiger partial charge < -0.3 is 10.4 Å². The zero-order valence-corrected chi connectivity index (χ0v) is 11.6. The molecule has 2 fully saturated rings. The molecule has 0 aliphatic heterocycles. The van der Waals surface area contributed by atoms with E-state index in [9.17, 15) is 14.3 Å². The first-order valence-electron chi connectivity index (χ1n) is 7.32. The topological polar surface area (TPSA) is 49.3 Å². The maximum atomic E-state index is 12.9. The molecule has 108 valence electrons. The number of carbonyl (C=O) groups is 1. The molecule has 0 saturated heterocycles. The third-order valence-electron chi connectivity index (χ3n) is 4.76. The zero-order valence-electron chi connectivity index (χ0n) is 11.6. The molecule has 0 heterocycles. The lowest BCUT2D eigenvalue weighted by Crippen LogP contribution is -2.38. The summed E-state index contributed by atoms with van der Waals surface area (Å²) in [5.74, 6) is 1.04. The maximum Gasteiger partial charge on any atom is 0.223 e. The fraction of sp³-hybridized carbons (Fsp3) is 0.562. The molecule has 3 nitrogen and oxygen atoms in total. The molecule has 2 aliphatic carbocycles. The van der Waals surface area contributed by atoms with E-state index >= 15 is 0 Å². The van der Waals surface area contributed by atoms with Crippen LogP contribution >= 0.6 is 0 Å². The summed E-state index contributed by atoms with van der Waals surface area (Å²) in [7, 11) is 0. The standard InChI is InChI=1S/C16H20FNO2/c1-9(15(19)10-5-7-11(17)8-6-10)18-16(20)14-12-3-2-4-13(12)14/h5-9,12-15,19H,2-4H2,1H3,(H,18,20)/t9-,12+,13+,15+/m0/s1. The SMILES string of the molecule is C[C@H](NC(=O)C1[C@@H]2CCC[C@@H]12)[C@@H](O)c1ccc(F)cc1. The summed E-state index contributed by atoms with van der Waals surface area (Å²) >= 11 is 0. The van der Waals surface area contributed by atoms with Gasteiger partial charge in [0, 0.05) is 5.92 Å². The van der Waals surface area contributed by atoms with Gasteiger partial charge in [-0.05, 0) is 49.3 Å². The summed E-state index contributed by atoms with van der Waals surface area (Å²) < 4.78 is 12.9. The minimum absolute atomic E-state index is 0.0633. The van der Waals surface area contributed by atoms with Crippen LogP contribution in [0.15, 0.2) is 24.3 Å². The van der Waals surface area contributed by atoms with E-state index in [-0.39, 0.29) is 23.7 Å². The number of rotatable bonds is 4. The van der Waals surface area contributed by atoms with E-state index in [1.165, 1.54) is 18.6 Å². The van der Waals surface area contributed by atoms with Crippen LogP contribution in [0, 0.1) is 23.6 Å². The first kappa shape index (κ1) is 13.6. The van der Waals surface area contributed by atoms with Gasteiger partial charge in [0.05, 0.1) is 12.1 Å². The molecule has 0 unspecified atom stereocenters. The molecule has 0 aromatic heterocycles. The number of amides is 1. The van der Waals surface area contributed by atoms with Crippen molar-refractivity contribution in [3.05, 3.63) is 35.6 Å². The fourth-order valence-corrected chi connectivity index (χ4v) is 3.56. The normalized spacial score (nSPS) is 30.4. The Morgan fingerprint density at radius 1 is 1.30 bits per heavy atom. The van der Waals surface area contributed by atoms with Crippen molar-refractivity contribution >= 4 is 5.91 Å². The van der Waals surface area contributed by atoms with Crippen LogP contribution in [-0.4, -0.2) is 17.1 Å². The van der Waals surface area contributed by atoms with Crippen molar-refractivity contribution in [1.82, 2.24) is 5.32 Å². The van der Waals surface area contributed by atoms with Gasteiger partial charge in [0.2, 0.25) is 5.91 Å². The quantitative estimate of drug-likeness (QED) is 0.888. The first-order valence-corrected chi connectivity index (χ1v) is 7.32. The van der Waals surface area contributed by atoms with Crippen molar-refractivity contribution in [1.29, 1.82) is 0 Å².